The van der Waals surface area contributed by atoms with Crippen LogP contribution in [0.15, 0.2) is 54.6 Å². The van der Waals surface area contributed by atoms with Crippen LogP contribution >= 0.6 is 0 Å². The normalized spacial score (nSPS) is 16.1. The van der Waals surface area contributed by atoms with Crippen molar-refractivity contribution in [3.63, 3.8) is 0 Å². The number of nitrogens with zero attached hydrogens (tertiary/aromatic N) is 3. The molecule has 0 spiro atoms. The second kappa shape index (κ2) is 7.32. The number of para-hydroxylation sites is 1. The molecule has 0 unspecified atom stereocenters. The number of amides is 2. The Morgan fingerprint density at radius 3 is 2.17 bits per heavy atom. The minimum absolute atomic E-state index is 0.0351. The number of rotatable bonds is 2. The van der Waals surface area contributed by atoms with Gasteiger partial charge in [-0.15, -0.1) is 0 Å². The van der Waals surface area contributed by atoms with Crippen LogP contribution in [0.25, 0.3) is 10.9 Å². The largest absolute Gasteiger partial charge is 0.335 e. The lowest BCUT2D eigenvalue weighted by Gasteiger charge is -2.35. The molecule has 1 fully saturated rings. The maximum absolute atomic E-state index is 13.5. The van der Waals surface area contributed by atoms with E-state index in [-0.39, 0.29) is 11.8 Å². The fraction of sp³-hybridized carbons (Fsp3) is 0.292. The average Bonchev–Trinajstić information content (AvgIpc) is 3.25. The van der Waals surface area contributed by atoms with Crippen molar-refractivity contribution in [1.82, 2.24) is 14.8 Å². The van der Waals surface area contributed by atoms with Crippen molar-refractivity contribution in [2.75, 3.05) is 26.2 Å². The lowest BCUT2D eigenvalue weighted by molar-refractivity contribution is 0.0536. The number of piperazine rings is 1. The van der Waals surface area contributed by atoms with Crippen molar-refractivity contribution in [1.29, 1.82) is 0 Å². The minimum atomic E-state index is 0.0351. The van der Waals surface area contributed by atoms with Gasteiger partial charge in [0.05, 0.1) is 11.1 Å². The van der Waals surface area contributed by atoms with E-state index in [1.54, 1.807) is 0 Å². The van der Waals surface area contributed by atoms with E-state index >= 15 is 0 Å². The van der Waals surface area contributed by atoms with Gasteiger partial charge < -0.3 is 9.80 Å². The highest BCUT2D eigenvalue weighted by Crippen LogP contribution is 2.31. The van der Waals surface area contributed by atoms with Crippen LogP contribution in [0, 0.1) is 0 Å². The first-order valence-corrected chi connectivity index (χ1v) is 10.3. The monoisotopic (exact) mass is 385 g/mol. The van der Waals surface area contributed by atoms with Gasteiger partial charge in [0, 0.05) is 42.8 Å². The Morgan fingerprint density at radius 1 is 0.759 bits per heavy atom. The lowest BCUT2D eigenvalue weighted by Crippen LogP contribution is -2.50. The van der Waals surface area contributed by atoms with Gasteiger partial charge in [-0.25, -0.2) is 0 Å². The van der Waals surface area contributed by atoms with Crippen LogP contribution in [0.3, 0.4) is 0 Å². The molecule has 2 aliphatic rings. The molecular formula is C24H23N3O2. The van der Waals surface area contributed by atoms with Crippen molar-refractivity contribution in [2.24, 2.45) is 0 Å². The van der Waals surface area contributed by atoms with Crippen molar-refractivity contribution in [3.05, 3.63) is 77.0 Å². The SMILES string of the molecule is O=C(c1ccccc1)N1CCN(C(=O)c2c3c(nc4ccccc24)CCC3)CC1. The first-order valence-electron chi connectivity index (χ1n) is 10.3. The van der Waals surface area contributed by atoms with E-state index in [1.807, 2.05) is 64.4 Å². The number of carbonyl (C=O) groups excluding carboxylic acids is 2. The summed E-state index contributed by atoms with van der Waals surface area (Å²) in [5.74, 6) is 0.113. The average molecular weight is 385 g/mol. The molecule has 0 saturated carbocycles. The van der Waals surface area contributed by atoms with Crippen LogP contribution in [0.4, 0.5) is 0 Å². The summed E-state index contributed by atoms with van der Waals surface area (Å²) < 4.78 is 0. The Kier molecular flexibility index (Phi) is 4.51. The zero-order valence-electron chi connectivity index (χ0n) is 16.3. The highest BCUT2D eigenvalue weighted by atomic mass is 16.2. The highest BCUT2D eigenvalue weighted by Gasteiger charge is 2.30. The summed E-state index contributed by atoms with van der Waals surface area (Å²) in [6, 6.07) is 17.3. The van der Waals surface area contributed by atoms with Crippen LogP contribution in [0.2, 0.25) is 0 Å². The molecule has 1 aliphatic heterocycles. The van der Waals surface area contributed by atoms with Gasteiger partial charge in [0.2, 0.25) is 0 Å². The van der Waals surface area contributed by atoms with Crippen LogP contribution in [-0.2, 0) is 12.8 Å². The number of carbonyl (C=O) groups is 2. The van der Waals surface area contributed by atoms with Crippen molar-refractivity contribution in [3.8, 4) is 0 Å². The lowest BCUT2D eigenvalue weighted by atomic mass is 9.99. The van der Waals surface area contributed by atoms with Crippen molar-refractivity contribution < 1.29 is 9.59 Å². The third-order valence-corrected chi connectivity index (χ3v) is 6.01. The highest BCUT2D eigenvalue weighted by molar-refractivity contribution is 6.08. The van der Waals surface area contributed by atoms with Gasteiger partial charge in [-0.1, -0.05) is 36.4 Å². The van der Waals surface area contributed by atoms with Gasteiger partial charge in [0.25, 0.3) is 11.8 Å². The number of pyridine rings is 1. The predicted octanol–water partition coefficient (Wildman–Crippen LogP) is 3.32. The summed E-state index contributed by atoms with van der Waals surface area (Å²) in [5.41, 5.74) is 4.62. The zero-order valence-corrected chi connectivity index (χ0v) is 16.3. The molecule has 2 heterocycles. The standard InChI is InChI=1S/C24H23N3O2/c28-23(17-7-2-1-3-8-17)26-13-15-27(16-14-26)24(29)22-18-9-4-5-11-20(18)25-21-12-6-10-19(21)22/h1-5,7-9,11H,6,10,12-16H2. The predicted molar refractivity (Wildman–Crippen MR) is 112 cm³/mol. The van der Waals surface area contributed by atoms with Crippen molar-refractivity contribution >= 4 is 22.7 Å². The summed E-state index contributed by atoms with van der Waals surface area (Å²) in [6.45, 7) is 2.24. The summed E-state index contributed by atoms with van der Waals surface area (Å²) in [4.78, 5) is 34.7. The van der Waals surface area contributed by atoms with E-state index in [1.165, 1.54) is 0 Å². The molecule has 0 atom stereocenters. The minimum Gasteiger partial charge on any atom is -0.335 e. The molecule has 0 radical (unpaired) electrons. The first kappa shape index (κ1) is 17.9. The maximum atomic E-state index is 13.5. The molecule has 5 nitrogen and oxygen atoms in total. The third-order valence-electron chi connectivity index (χ3n) is 6.01. The maximum Gasteiger partial charge on any atom is 0.255 e. The molecule has 146 valence electrons. The Labute approximate surface area is 170 Å². The van der Waals surface area contributed by atoms with E-state index in [4.69, 9.17) is 4.98 Å². The molecule has 3 aromatic rings. The van der Waals surface area contributed by atoms with Gasteiger partial charge in [-0.3, -0.25) is 14.6 Å². The van der Waals surface area contributed by atoms with Crippen LogP contribution in [0.1, 0.15) is 38.4 Å². The molecule has 1 aromatic heterocycles. The molecule has 29 heavy (non-hydrogen) atoms. The number of aryl methyl sites for hydroxylation is 1. The number of benzene rings is 2. The molecule has 2 aromatic carbocycles. The van der Waals surface area contributed by atoms with E-state index in [0.29, 0.717) is 31.7 Å². The second-order valence-corrected chi connectivity index (χ2v) is 7.73. The number of fused-ring (bicyclic) bond motifs is 2. The second-order valence-electron chi connectivity index (χ2n) is 7.73. The van der Waals surface area contributed by atoms with E-state index < -0.39 is 0 Å². The summed E-state index contributed by atoms with van der Waals surface area (Å²) >= 11 is 0. The Balaban J connectivity index is 1.39. The van der Waals surface area contributed by atoms with E-state index in [2.05, 4.69) is 0 Å². The van der Waals surface area contributed by atoms with E-state index in [0.717, 1.165) is 47.0 Å². The van der Waals surface area contributed by atoms with Gasteiger partial charge in [-0.05, 0) is 43.0 Å². The summed E-state index contributed by atoms with van der Waals surface area (Å²) in [6.07, 6.45) is 2.92. The third kappa shape index (κ3) is 3.16. The molecule has 5 rings (SSSR count). The smallest absolute Gasteiger partial charge is 0.255 e. The Hall–Kier alpha value is -3.21. The van der Waals surface area contributed by atoms with Crippen molar-refractivity contribution in [2.45, 2.75) is 19.3 Å². The quantitative estimate of drug-likeness (QED) is 0.680. The zero-order chi connectivity index (χ0) is 19.8. The van der Waals surface area contributed by atoms with E-state index in [9.17, 15) is 9.59 Å². The Morgan fingerprint density at radius 2 is 1.41 bits per heavy atom. The molecule has 1 aliphatic carbocycles. The van der Waals surface area contributed by atoms with Gasteiger partial charge in [-0.2, -0.15) is 0 Å². The molecule has 1 saturated heterocycles. The summed E-state index contributed by atoms with van der Waals surface area (Å²) in [5, 5.41) is 0.945. The number of aromatic nitrogens is 1. The number of hydrogen-bond donors (Lipinski definition) is 0. The molecule has 0 bridgehead atoms. The fourth-order valence-corrected chi connectivity index (χ4v) is 4.49. The molecule has 0 N–H and O–H groups in total. The van der Waals surface area contributed by atoms with Gasteiger partial charge in [0.1, 0.15) is 0 Å². The molecular weight excluding hydrogens is 362 g/mol. The van der Waals surface area contributed by atoms with Crippen LogP contribution in [0.5, 0.6) is 0 Å². The van der Waals surface area contributed by atoms with Gasteiger partial charge >= 0.3 is 0 Å². The molecule has 2 amide bonds. The number of hydrogen-bond acceptors (Lipinski definition) is 3. The van der Waals surface area contributed by atoms with Crippen LogP contribution in [-0.4, -0.2) is 52.8 Å². The van der Waals surface area contributed by atoms with Gasteiger partial charge in [0.15, 0.2) is 0 Å². The molecule has 5 heteroatoms. The Bertz CT molecular complexity index is 1090. The summed E-state index contributed by atoms with van der Waals surface area (Å²) in [7, 11) is 0. The first-order chi connectivity index (χ1) is 14.2. The van der Waals surface area contributed by atoms with Crippen LogP contribution < -0.4 is 0 Å². The topological polar surface area (TPSA) is 53.5 Å². The fourth-order valence-electron chi connectivity index (χ4n) is 4.49.